The van der Waals surface area contributed by atoms with E-state index in [0.29, 0.717) is 21.5 Å². The maximum Gasteiger partial charge on any atom is 0.417 e. The number of carbonyl (C=O) groups excluding carboxylic acids is 2. The SMILES string of the molecule is O=C(COC(=O)[C@@H]1Cc2ccccc2CN1S(=O)(=O)c1ccccc1C(F)(F)F)Nc1ccc(F)c(Cl)c1. The molecule has 0 aromatic heterocycles. The number of halogens is 5. The van der Waals surface area contributed by atoms with Gasteiger partial charge in [-0.2, -0.15) is 17.5 Å². The summed E-state index contributed by atoms with van der Waals surface area (Å²) in [6.07, 6.45) is -5.15. The Labute approximate surface area is 220 Å². The largest absolute Gasteiger partial charge is 0.454 e. The van der Waals surface area contributed by atoms with E-state index in [4.69, 9.17) is 16.3 Å². The number of alkyl halides is 3. The van der Waals surface area contributed by atoms with E-state index >= 15 is 0 Å². The number of carbonyl (C=O) groups is 2. The zero-order valence-electron chi connectivity index (χ0n) is 19.3. The molecule has 13 heteroatoms. The predicted octanol–water partition coefficient (Wildman–Crippen LogP) is 4.80. The smallest absolute Gasteiger partial charge is 0.417 e. The molecule has 38 heavy (non-hydrogen) atoms. The van der Waals surface area contributed by atoms with Crippen LogP contribution >= 0.6 is 11.6 Å². The first-order chi connectivity index (χ1) is 17.9. The summed E-state index contributed by atoms with van der Waals surface area (Å²) in [4.78, 5) is 24.3. The van der Waals surface area contributed by atoms with Gasteiger partial charge in [0.1, 0.15) is 11.9 Å². The summed E-state index contributed by atoms with van der Waals surface area (Å²) >= 11 is 5.67. The number of nitrogens with one attached hydrogen (secondary N) is 1. The molecule has 0 radical (unpaired) electrons. The average molecular weight is 571 g/mol. The van der Waals surface area contributed by atoms with Crippen LogP contribution < -0.4 is 5.32 Å². The van der Waals surface area contributed by atoms with Gasteiger partial charge in [-0.3, -0.25) is 9.59 Å². The number of nitrogens with zero attached hydrogens (tertiary/aromatic N) is 1. The van der Waals surface area contributed by atoms with Gasteiger partial charge in [-0.15, -0.1) is 0 Å². The number of benzene rings is 3. The summed E-state index contributed by atoms with van der Waals surface area (Å²) < 4.78 is 86.9. The van der Waals surface area contributed by atoms with E-state index in [1.165, 1.54) is 6.07 Å². The Kier molecular flexibility index (Phi) is 7.77. The summed E-state index contributed by atoms with van der Waals surface area (Å²) in [7, 11) is -4.85. The summed E-state index contributed by atoms with van der Waals surface area (Å²) in [5.41, 5.74) is -0.133. The van der Waals surface area contributed by atoms with Gasteiger partial charge in [0.15, 0.2) is 6.61 Å². The van der Waals surface area contributed by atoms with Crippen molar-refractivity contribution in [3.05, 3.63) is 94.3 Å². The lowest BCUT2D eigenvalue weighted by atomic mass is 9.96. The molecule has 0 saturated heterocycles. The lowest BCUT2D eigenvalue weighted by Crippen LogP contribution is -2.49. The van der Waals surface area contributed by atoms with E-state index in [1.807, 2.05) is 0 Å². The van der Waals surface area contributed by atoms with Gasteiger partial charge in [-0.25, -0.2) is 12.8 Å². The second kappa shape index (κ2) is 10.7. The number of hydrogen-bond acceptors (Lipinski definition) is 5. The molecule has 0 spiro atoms. The standard InChI is InChI=1S/C25H19ClF4N2O5S/c26-19-12-17(9-10-20(19)27)31-23(33)14-37-24(34)21-11-15-5-1-2-6-16(15)13-32(21)38(35,36)22-8-4-3-7-18(22)25(28,29)30/h1-10,12,21H,11,13-14H2,(H,31,33)/t21-/m0/s1. The van der Waals surface area contributed by atoms with Gasteiger partial charge < -0.3 is 10.1 Å². The van der Waals surface area contributed by atoms with Gasteiger partial charge in [0, 0.05) is 18.7 Å². The number of amides is 1. The van der Waals surface area contributed by atoms with Crippen LogP contribution in [0.1, 0.15) is 16.7 Å². The molecule has 1 heterocycles. The highest BCUT2D eigenvalue weighted by Crippen LogP contribution is 2.37. The van der Waals surface area contributed by atoms with Crippen molar-refractivity contribution in [3.63, 3.8) is 0 Å². The fourth-order valence-corrected chi connectivity index (χ4v) is 5.96. The second-order valence-electron chi connectivity index (χ2n) is 8.32. The second-order valence-corrected chi connectivity index (χ2v) is 10.6. The van der Waals surface area contributed by atoms with E-state index in [-0.39, 0.29) is 23.7 Å². The molecule has 1 N–H and O–H groups in total. The molecular weight excluding hydrogens is 552 g/mol. The quantitative estimate of drug-likeness (QED) is 0.340. The van der Waals surface area contributed by atoms with E-state index in [0.717, 1.165) is 30.3 Å². The monoisotopic (exact) mass is 570 g/mol. The minimum Gasteiger partial charge on any atom is -0.454 e. The molecule has 7 nitrogen and oxygen atoms in total. The van der Waals surface area contributed by atoms with E-state index in [1.54, 1.807) is 24.3 Å². The van der Waals surface area contributed by atoms with Crippen LogP contribution in [-0.4, -0.2) is 37.2 Å². The van der Waals surface area contributed by atoms with Gasteiger partial charge in [0.25, 0.3) is 5.91 Å². The van der Waals surface area contributed by atoms with E-state index in [2.05, 4.69) is 5.32 Å². The van der Waals surface area contributed by atoms with Crippen LogP contribution in [0.5, 0.6) is 0 Å². The highest BCUT2D eigenvalue weighted by atomic mass is 35.5. The first-order valence-electron chi connectivity index (χ1n) is 11.0. The fourth-order valence-electron chi connectivity index (χ4n) is 4.01. The normalized spacial score (nSPS) is 16.0. The fraction of sp³-hybridized carbons (Fsp3) is 0.200. The summed E-state index contributed by atoms with van der Waals surface area (Å²) in [5, 5.41) is 2.10. The van der Waals surface area contributed by atoms with Crippen molar-refractivity contribution in [1.82, 2.24) is 4.31 Å². The third-order valence-corrected chi connectivity index (χ3v) is 8.01. The highest BCUT2D eigenvalue weighted by Gasteiger charge is 2.44. The van der Waals surface area contributed by atoms with Crippen molar-refractivity contribution >= 4 is 39.2 Å². The van der Waals surface area contributed by atoms with Crippen LogP contribution in [0.25, 0.3) is 0 Å². The molecule has 1 atom stereocenters. The molecule has 3 aromatic rings. The molecule has 1 amide bonds. The Hall–Kier alpha value is -3.48. The number of esters is 1. The van der Waals surface area contributed by atoms with Crippen LogP contribution in [0.3, 0.4) is 0 Å². The maximum absolute atomic E-state index is 13.6. The molecule has 1 aliphatic rings. The Morgan fingerprint density at radius 2 is 1.68 bits per heavy atom. The third kappa shape index (κ3) is 5.82. The molecule has 0 saturated carbocycles. The lowest BCUT2D eigenvalue weighted by Gasteiger charge is -2.34. The maximum atomic E-state index is 13.6. The van der Waals surface area contributed by atoms with Crippen molar-refractivity contribution in [3.8, 4) is 0 Å². The van der Waals surface area contributed by atoms with Gasteiger partial charge in [0.05, 0.1) is 15.5 Å². The van der Waals surface area contributed by atoms with Crippen LogP contribution in [0.15, 0.2) is 71.6 Å². The van der Waals surface area contributed by atoms with Crippen LogP contribution in [-0.2, 0) is 43.5 Å². The molecule has 4 rings (SSSR count). The number of hydrogen-bond donors (Lipinski definition) is 1. The van der Waals surface area contributed by atoms with Gasteiger partial charge >= 0.3 is 12.1 Å². The Balaban J connectivity index is 1.59. The van der Waals surface area contributed by atoms with Crippen LogP contribution in [0.2, 0.25) is 5.02 Å². The van der Waals surface area contributed by atoms with Gasteiger partial charge in [-0.1, -0.05) is 48.0 Å². The lowest BCUT2D eigenvalue weighted by molar-refractivity contribution is -0.151. The minimum atomic E-state index is -4.96. The predicted molar refractivity (Wildman–Crippen MR) is 129 cm³/mol. The first-order valence-corrected chi connectivity index (χ1v) is 12.9. The topological polar surface area (TPSA) is 92.8 Å². The molecule has 0 bridgehead atoms. The molecule has 0 unspecified atom stereocenters. The van der Waals surface area contributed by atoms with E-state index in [9.17, 15) is 35.6 Å². The van der Waals surface area contributed by atoms with Crippen molar-refractivity contribution in [2.24, 2.45) is 0 Å². The van der Waals surface area contributed by atoms with Crippen molar-refractivity contribution in [2.75, 3.05) is 11.9 Å². The van der Waals surface area contributed by atoms with Gasteiger partial charge in [-0.05, 0) is 41.5 Å². The number of ether oxygens (including phenoxy) is 1. The molecule has 0 aliphatic carbocycles. The third-order valence-electron chi connectivity index (χ3n) is 5.81. The zero-order chi connectivity index (χ0) is 27.7. The molecular formula is C25H19ClF4N2O5S. The van der Waals surface area contributed by atoms with Crippen LogP contribution in [0.4, 0.5) is 23.2 Å². The average Bonchev–Trinajstić information content (AvgIpc) is 2.88. The number of sulfonamides is 1. The van der Waals surface area contributed by atoms with Crippen molar-refractivity contribution in [1.29, 1.82) is 0 Å². The van der Waals surface area contributed by atoms with Crippen molar-refractivity contribution in [2.45, 2.75) is 30.1 Å². The Bertz CT molecular complexity index is 1500. The zero-order valence-corrected chi connectivity index (χ0v) is 20.9. The van der Waals surface area contributed by atoms with Crippen LogP contribution in [0, 0.1) is 5.82 Å². The first kappa shape index (κ1) is 27.6. The van der Waals surface area contributed by atoms with Crippen molar-refractivity contribution < 1.29 is 40.3 Å². The molecule has 1 aliphatic heterocycles. The molecule has 0 fully saturated rings. The summed E-state index contributed by atoms with van der Waals surface area (Å²) in [5.74, 6) is -2.66. The number of fused-ring (bicyclic) bond motifs is 1. The summed E-state index contributed by atoms with van der Waals surface area (Å²) in [6, 6.07) is 12.1. The number of rotatable bonds is 6. The molecule has 200 valence electrons. The molecule has 3 aromatic carbocycles. The summed E-state index contributed by atoms with van der Waals surface area (Å²) in [6.45, 7) is -1.22. The highest BCUT2D eigenvalue weighted by molar-refractivity contribution is 7.89. The Morgan fingerprint density at radius 1 is 1.03 bits per heavy atom. The number of anilines is 1. The van der Waals surface area contributed by atoms with E-state index < -0.39 is 57.0 Å². The van der Waals surface area contributed by atoms with Gasteiger partial charge in [0.2, 0.25) is 10.0 Å². The Morgan fingerprint density at radius 3 is 2.37 bits per heavy atom. The minimum absolute atomic E-state index is 0.122.